The summed E-state index contributed by atoms with van der Waals surface area (Å²) in [5.74, 6) is -0.379. The van der Waals surface area contributed by atoms with Gasteiger partial charge in [-0.15, -0.1) is 0 Å². The molecule has 1 aromatic carbocycles. The van der Waals surface area contributed by atoms with E-state index < -0.39 is 0 Å². The van der Waals surface area contributed by atoms with Crippen molar-refractivity contribution in [1.82, 2.24) is 4.98 Å². The molecule has 0 aliphatic heterocycles. The number of nitrogens with one attached hydrogen (secondary N) is 1. The molecule has 0 spiro atoms. The summed E-state index contributed by atoms with van der Waals surface area (Å²) in [7, 11) is 0. The number of pyridine rings is 1. The lowest BCUT2D eigenvalue weighted by atomic mass is 10.3. The average Bonchev–Trinajstić information content (AvgIpc) is 2.27. The number of amides is 1. The highest BCUT2D eigenvalue weighted by molar-refractivity contribution is 6.35. The van der Waals surface area contributed by atoms with Gasteiger partial charge in [-0.3, -0.25) is 9.78 Å². The standard InChI is InChI=1S/C12H7Cl3N2O/c13-7-1-2-16-11(6-7)12(18)17-10-4-8(14)3-9(15)5-10/h1-6H,(H,17,18). The molecule has 1 aromatic heterocycles. The number of nitrogens with zero attached hydrogens (tertiary/aromatic N) is 1. The van der Waals surface area contributed by atoms with Gasteiger partial charge in [0, 0.05) is 27.0 Å². The number of carbonyl (C=O) groups excluding carboxylic acids is 1. The Morgan fingerprint density at radius 2 is 1.67 bits per heavy atom. The monoisotopic (exact) mass is 300 g/mol. The summed E-state index contributed by atoms with van der Waals surface area (Å²) < 4.78 is 0. The van der Waals surface area contributed by atoms with Crippen molar-refractivity contribution in [2.75, 3.05) is 5.32 Å². The van der Waals surface area contributed by atoms with E-state index in [4.69, 9.17) is 34.8 Å². The van der Waals surface area contributed by atoms with Crippen LogP contribution in [0.2, 0.25) is 15.1 Å². The first-order valence-electron chi connectivity index (χ1n) is 4.93. The summed E-state index contributed by atoms with van der Waals surface area (Å²) in [4.78, 5) is 15.8. The van der Waals surface area contributed by atoms with Crippen LogP contribution in [0.25, 0.3) is 0 Å². The summed E-state index contributed by atoms with van der Waals surface area (Å²) in [5, 5.41) is 3.96. The minimum absolute atomic E-state index is 0.221. The fourth-order valence-electron chi connectivity index (χ4n) is 1.35. The number of halogens is 3. The molecule has 2 aromatic rings. The molecule has 18 heavy (non-hydrogen) atoms. The van der Waals surface area contributed by atoms with Crippen LogP contribution in [0, 0.1) is 0 Å². The summed E-state index contributed by atoms with van der Waals surface area (Å²) in [6.07, 6.45) is 1.46. The van der Waals surface area contributed by atoms with E-state index in [2.05, 4.69) is 10.3 Å². The minimum atomic E-state index is -0.379. The van der Waals surface area contributed by atoms with Crippen molar-refractivity contribution < 1.29 is 4.79 Å². The van der Waals surface area contributed by atoms with E-state index in [-0.39, 0.29) is 11.6 Å². The van der Waals surface area contributed by atoms with Crippen LogP contribution < -0.4 is 5.32 Å². The van der Waals surface area contributed by atoms with Crippen molar-refractivity contribution in [3.63, 3.8) is 0 Å². The number of carbonyl (C=O) groups is 1. The molecule has 3 nitrogen and oxygen atoms in total. The van der Waals surface area contributed by atoms with Crippen LogP contribution >= 0.6 is 34.8 Å². The van der Waals surface area contributed by atoms with Crippen LogP contribution in [0.1, 0.15) is 10.5 Å². The Labute approximate surface area is 119 Å². The fraction of sp³-hybridized carbons (Fsp3) is 0. The maximum absolute atomic E-state index is 11.9. The van der Waals surface area contributed by atoms with Crippen molar-refractivity contribution in [2.45, 2.75) is 0 Å². The van der Waals surface area contributed by atoms with Gasteiger partial charge in [0.05, 0.1) is 0 Å². The highest BCUT2D eigenvalue weighted by atomic mass is 35.5. The smallest absolute Gasteiger partial charge is 0.274 e. The summed E-state index contributed by atoms with van der Waals surface area (Å²) in [6.45, 7) is 0. The topological polar surface area (TPSA) is 42.0 Å². The molecular formula is C12H7Cl3N2O. The Balaban J connectivity index is 2.21. The van der Waals surface area contributed by atoms with Gasteiger partial charge in [0.2, 0.25) is 0 Å². The van der Waals surface area contributed by atoms with E-state index in [0.29, 0.717) is 20.8 Å². The van der Waals surface area contributed by atoms with Crippen LogP contribution in [0.5, 0.6) is 0 Å². The Morgan fingerprint density at radius 3 is 2.28 bits per heavy atom. The number of aromatic nitrogens is 1. The molecule has 0 bridgehead atoms. The molecule has 1 N–H and O–H groups in total. The Hall–Kier alpha value is -1.29. The van der Waals surface area contributed by atoms with Gasteiger partial charge in [-0.25, -0.2) is 0 Å². The number of hydrogen-bond acceptors (Lipinski definition) is 2. The Morgan fingerprint density at radius 1 is 1.00 bits per heavy atom. The first-order chi connectivity index (χ1) is 8.54. The predicted molar refractivity (Wildman–Crippen MR) is 73.7 cm³/mol. The zero-order valence-corrected chi connectivity index (χ0v) is 11.2. The molecule has 0 fully saturated rings. The molecule has 0 aliphatic carbocycles. The van der Waals surface area contributed by atoms with Gasteiger partial charge in [0.25, 0.3) is 5.91 Å². The Kier molecular flexibility index (Phi) is 4.07. The largest absolute Gasteiger partial charge is 0.321 e. The fourth-order valence-corrected chi connectivity index (χ4v) is 2.04. The van der Waals surface area contributed by atoms with E-state index in [0.717, 1.165) is 0 Å². The van der Waals surface area contributed by atoms with E-state index in [1.165, 1.54) is 12.3 Å². The normalized spacial score (nSPS) is 10.2. The molecule has 0 unspecified atom stereocenters. The van der Waals surface area contributed by atoms with Gasteiger partial charge in [0.1, 0.15) is 5.69 Å². The third kappa shape index (κ3) is 3.35. The molecule has 92 valence electrons. The quantitative estimate of drug-likeness (QED) is 0.899. The molecule has 2 rings (SSSR count). The molecule has 0 saturated heterocycles. The lowest BCUT2D eigenvalue weighted by molar-refractivity contribution is 0.102. The summed E-state index contributed by atoms with van der Waals surface area (Å²) >= 11 is 17.4. The molecule has 0 atom stereocenters. The first kappa shape index (κ1) is 13.1. The second-order valence-corrected chi connectivity index (χ2v) is 4.78. The number of rotatable bonds is 2. The van der Waals surface area contributed by atoms with Crippen molar-refractivity contribution in [2.24, 2.45) is 0 Å². The third-order valence-electron chi connectivity index (χ3n) is 2.08. The van der Waals surface area contributed by atoms with E-state index in [1.54, 1.807) is 24.3 Å². The lowest BCUT2D eigenvalue weighted by Gasteiger charge is -2.06. The second-order valence-electron chi connectivity index (χ2n) is 3.47. The molecule has 0 aliphatic rings. The number of hydrogen-bond donors (Lipinski definition) is 1. The van der Waals surface area contributed by atoms with E-state index >= 15 is 0 Å². The third-order valence-corrected chi connectivity index (χ3v) is 2.75. The number of anilines is 1. The van der Waals surface area contributed by atoms with Crippen LogP contribution in [0.4, 0.5) is 5.69 Å². The molecule has 1 amide bonds. The maximum Gasteiger partial charge on any atom is 0.274 e. The SMILES string of the molecule is O=C(Nc1cc(Cl)cc(Cl)c1)c1cc(Cl)ccn1. The summed E-state index contributed by atoms with van der Waals surface area (Å²) in [5.41, 5.74) is 0.720. The highest BCUT2D eigenvalue weighted by Crippen LogP contribution is 2.22. The zero-order chi connectivity index (χ0) is 13.1. The van der Waals surface area contributed by atoms with Gasteiger partial charge in [-0.2, -0.15) is 0 Å². The van der Waals surface area contributed by atoms with Gasteiger partial charge < -0.3 is 5.32 Å². The van der Waals surface area contributed by atoms with Crippen LogP contribution in [-0.4, -0.2) is 10.9 Å². The van der Waals surface area contributed by atoms with E-state index in [9.17, 15) is 4.79 Å². The predicted octanol–water partition coefficient (Wildman–Crippen LogP) is 4.29. The number of benzene rings is 1. The van der Waals surface area contributed by atoms with Crippen LogP contribution in [0.15, 0.2) is 36.5 Å². The molecule has 0 radical (unpaired) electrons. The zero-order valence-electron chi connectivity index (χ0n) is 8.95. The average molecular weight is 302 g/mol. The van der Waals surface area contributed by atoms with Crippen molar-refractivity contribution >= 4 is 46.4 Å². The second kappa shape index (κ2) is 5.57. The van der Waals surface area contributed by atoms with Crippen molar-refractivity contribution in [3.05, 3.63) is 57.3 Å². The Bertz CT molecular complexity index is 581. The minimum Gasteiger partial charge on any atom is -0.321 e. The lowest BCUT2D eigenvalue weighted by Crippen LogP contribution is -2.13. The highest BCUT2D eigenvalue weighted by Gasteiger charge is 2.09. The van der Waals surface area contributed by atoms with Crippen LogP contribution in [0.3, 0.4) is 0 Å². The van der Waals surface area contributed by atoms with Gasteiger partial charge in [-0.05, 0) is 30.3 Å². The van der Waals surface area contributed by atoms with Crippen molar-refractivity contribution in [1.29, 1.82) is 0 Å². The van der Waals surface area contributed by atoms with Gasteiger partial charge >= 0.3 is 0 Å². The van der Waals surface area contributed by atoms with Gasteiger partial charge in [0.15, 0.2) is 0 Å². The van der Waals surface area contributed by atoms with Gasteiger partial charge in [-0.1, -0.05) is 34.8 Å². The first-order valence-corrected chi connectivity index (χ1v) is 6.07. The van der Waals surface area contributed by atoms with E-state index in [1.807, 2.05) is 0 Å². The molecule has 6 heteroatoms. The summed E-state index contributed by atoms with van der Waals surface area (Å²) in [6, 6.07) is 7.83. The van der Waals surface area contributed by atoms with Crippen molar-refractivity contribution in [3.8, 4) is 0 Å². The molecule has 1 heterocycles. The molecule has 0 saturated carbocycles. The maximum atomic E-state index is 11.9. The molecular weight excluding hydrogens is 295 g/mol. The van der Waals surface area contributed by atoms with Crippen LogP contribution in [-0.2, 0) is 0 Å².